The van der Waals surface area contributed by atoms with E-state index in [2.05, 4.69) is 21.7 Å². The molecule has 1 rings (SSSR count). The summed E-state index contributed by atoms with van der Waals surface area (Å²) in [6.45, 7) is 4.97. The lowest BCUT2D eigenvalue weighted by Gasteiger charge is -2.09. The van der Waals surface area contributed by atoms with E-state index in [1.165, 1.54) is 0 Å². The van der Waals surface area contributed by atoms with Crippen LogP contribution >= 0.6 is 0 Å². The van der Waals surface area contributed by atoms with E-state index in [1.807, 2.05) is 13.0 Å². The first-order valence-electron chi connectivity index (χ1n) is 5.59. The molecule has 0 aliphatic heterocycles. The Morgan fingerprint density at radius 1 is 1.41 bits per heavy atom. The molecule has 1 aromatic heterocycles. The highest BCUT2D eigenvalue weighted by Gasteiger charge is 2.04. The first-order chi connectivity index (χ1) is 8.29. The number of nitrogens with zero attached hydrogens (tertiary/aromatic N) is 2. The van der Waals surface area contributed by atoms with Gasteiger partial charge >= 0.3 is 0 Å². The summed E-state index contributed by atoms with van der Waals surface area (Å²) in [6.07, 6.45) is 1.71. The van der Waals surface area contributed by atoms with Gasteiger partial charge < -0.3 is 15.4 Å². The Morgan fingerprint density at radius 3 is 2.94 bits per heavy atom. The topological polar surface area (TPSA) is 70.0 Å². The lowest BCUT2D eigenvalue weighted by atomic mass is 10.1. The number of aryl methyl sites for hydroxylation is 1. The van der Waals surface area contributed by atoms with E-state index >= 15 is 0 Å². The standard InChI is InChI=1S/C12H18N4O/c1-10-3-4-15-12(11(10)9-13)16-6-5-14-7-8-17-2/h3-4,14H,5-8H2,1-2H3,(H,15,16). The zero-order valence-corrected chi connectivity index (χ0v) is 10.3. The molecule has 0 amide bonds. The van der Waals surface area contributed by atoms with Gasteiger partial charge in [-0.1, -0.05) is 0 Å². The summed E-state index contributed by atoms with van der Waals surface area (Å²) in [6, 6.07) is 3.99. The third-order valence-electron chi connectivity index (χ3n) is 2.35. The third-order valence-corrected chi connectivity index (χ3v) is 2.35. The van der Waals surface area contributed by atoms with Gasteiger partial charge in [0.25, 0.3) is 0 Å². The first-order valence-corrected chi connectivity index (χ1v) is 5.59. The van der Waals surface area contributed by atoms with Crippen LogP contribution in [0.1, 0.15) is 11.1 Å². The number of rotatable bonds is 7. The normalized spacial score (nSPS) is 9.94. The second-order valence-corrected chi connectivity index (χ2v) is 3.63. The van der Waals surface area contributed by atoms with Gasteiger partial charge in [0, 0.05) is 32.9 Å². The number of pyridine rings is 1. The summed E-state index contributed by atoms with van der Waals surface area (Å²) in [5.74, 6) is 0.654. The van der Waals surface area contributed by atoms with Crippen molar-refractivity contribution in [3.8, 4) is 6.07 Å². The van der Waals surface area contributed by atoms with E-state index in [-0.39, 0.29) is 0 Å². The molecule has 1 heterocycles. The van der Waals surface area contributed by atoms with Crippen molar-refractivity contribution in [1.82, 2.24) is 10.3 Å². The Labute approximate surface area is 102 Å². The van der Waals surface area contributed by atoms with Gasteiger partial charge in [-0.3, -0.25) is 0 Å². The Kier molecular flexibility index (Phi) is 6.00. The highest BCUT2D eigenvalue weighted by atomic mass is 16.5. The molecule has 1 aromatic rings. The summed E-state index contributed by atoms with van der Waals surface area (Å²) < 4.78 is 4.92. The van der Waals surface area contributed by atoms with Gasteiger partial charge in [-0.25, -0.2) is 4.98 Å². The Morgan fingerprint density at radius 2 is 2.24 bits per heavy atom. The molecule has 92 valence electrons. The van der Waals surface area contributed by atoms with Crippen LogP contribution in [-0.2, 0) is 4.74 Å². The average Bonchev–Trinajstić information content (AvgIpc) is 2.34. The fourth-order valence-electron chi connectivity index (χ4n) is 1.40. The number of hydrogen-bond acceptors (Lipinski definition) is 5. The molecule has 0 aromatic carbocycles. The van der Waals surface area contributed by atoms with Crippen LogP contribution in [0.2, 0.25) is 0 Å². The van der Waals surface area contributed by atoms with Crippen molar-refractivity contribution in [1.29, 1.82) is 5.26 Å². The number of nitriles is 1. The molecular formula is C12H18N4O. The minimum absolute atomic E-state index is 0.615. The van der Waals surface area contributed by atoms with Crippen molar-refractivity contribution in [2.45, 2.75) is 6.92 Å². The van der Waals surface area contributed by atoms with E-state index in [9.17, 15) is 0 Å². The van der Waals surface area contributed by atoms with Crippen LogP contribution in [0.25, 0.3) is 0 Å². The van der Waals surface area contributed by atoms with Gasteiger partial charge in [0.1, 0.15) is 11.9 Å². The highest BCUT2D eigenvalue weighted by Crippen LogP contribution is 2.14. The van der Waals surface area contributed by atoms with Gasteiger partial charge in [0.05, 0.1) is 12.2 Å². The number of anilines is 1. The van der Waals surface area contributed by atoms with Gasteiger partial charge in [-0.05, 0) is 18.6 Å². The molecule has 0 unspecified atom stereocenters. The Balaban J connectivity index is 2.37. The molecule has 0 atom stereocenters. The predicted octanol–water partition coefficient (Wildman–Crippen LogP) is 0.910. The quantitative estimate of drug-likeness (QED) is 0.686. The second-order valence-electron chi connectivity index (χ2n) is 3.63. The van der Waals surface area contributed by atoms with E-state index < -0.39 is 0 Å². The fourth-order valence-corrected chi connectivity index (χ4v) is 1.40. The van der Waals surface area contributed by atoms with Crippen molar-refractivity contribution in [2.75, 3.05) is 38.7 Å². The Hall–Kier alpha value is -1.64. The average molecular weight is 234 g/mol. The molecular weight excluding hydrogens is 216 g/mol. The van der Waals surface area contributed by atoms with Crippen LogP contribution in [0.3, 0.4) is 0 Å². The lowest BCUT2D eigenvalue weighted by molar-refractivity contribution is 0.200. The number of aromatic nitrogens is 1. The monoisotopic (exact) mass is 234 g/mol. The van der Waals surface area contributed by atoms with Crippen molar-refractivity contribution in [3.05, 3.63) is 23.4 Å². The molecule has 0 saturated heterocycles. The van der Waals surface area contributed by atoms with E-state index in [4.69, 9.17) is 10.00 Å². The van der Waals surface area contributed by atoms with Crippen LogP contribution in [-0.4, -0.2) is 38.3 Å². The number of methoxy groups -OCH3 is 1. The van der Waals surface area contributed by atoms with Crippen molar-refractivity contribution in [3.63, 3.8) is 0 Å². The molecule has 17 heavy (non-hydrogen) atoms. The molecule has 2 N–H and O–H groups in total. The summed E-state index contributed by atoms with van der Waals surface area (Å²) in [7, 11) is 1.68. The zero-order chi connectivity index (χ0) is 12.5. The van der Waals surface area contributed by atoms with Gasteiger partial charge in [-0.15, -0.1) is 0 Å². The fraction of sp³-hybridized carbons (Fsp3) is 0.500. The van der Waals surface area contributed by atoms with Crippen molar-refractivity contribution < 1.29 is 4.74 Å². The maximum Gasteiger partial charge on any atom is 0.144 e. The minimum Gasteiger partial charge on any atom is -0.383 e. The Bertz CT molecular complexity index is 387. The second kappa shape index (κ2) is 7.60. The molecule has 0 fully saturated rings. The summed E-state index contributed by atoms with van der Waals surface area (Å²) >= 11 is 0. The molecule has 0 aliphatic carbocycles. The van der Waals surface area contributed by atoms with E-state index in [0.717, 1.165) is 25.2 Å². The number of nitrogens with one attached hydrogen (secondary N) is 2. The SMILES string of the molecule is COCCNCCNc1nccc(C)c1C#N. The van der Waals surface area contributed by atoms with Crippen LogP contribution in [0.4, 0.5) is 5.82 Å². The number of ether oxygens (including phenoxy) is 1. The highest BCUT2D eigenvalue weighted by molar-refractivity contribution is 5.55. The summed E-state index contributed by atoms with van der Waals surface area (Å²) in [4.78, 5) is 4.16. The van der Waals surface area contributed by atoms with Gasteiger partial charge in [0.2, 0.25) is 0 Å². The molecule has 0 spiro atoms. The molecule has 5 nitrogen and oxygen atoms in total. The van der Waals surface area contributed by atoms with Gasteiger partial charge in [0.15, 0.2) is 0 Å². The first kappa shape index (κ1) is 13.4. The molecule has 0 aliphatic rings. The molecule has 0 radical (unpaired) electrons. The predicted molar refractivity (Wildman–Crippen MR) is 66.9 cm³/mol. The van der Waals surface area contributed by atoms with Gasteiger partial charge in [-0.2, -0.15) is 5.26 Å². The van der Waals surface area contributed by atoms with Crippen molar-refractivity contribution >= 4 is 5.82 Å². The van der Waals surface area contributed by atoms with E-state index in [1.54, 1.807) is 13.3 Å². The van der Waals surface area contributed by atoms with Crippen LogP contribution in [0.15, 0.2) is 12.3 Å². The van der Waals surface area contributed by atoms with Crippen LogP contribution < -0.4 is 10.6 Å². The summed E-state index contributed by atoms with van der Waals surface area (Å²) in [5, 5.41) is 15.4. The maximum absolute atomic E-state index is 9.01. The summed E-state index contributed by atoms with van der Waals surface area (Å²) in [5.41, 5.74) is 1.56. The molecule has 5 heteroatoms. The van der Waals surface area contributed by atoms with Crippen LogP contribution in [0, 0.1) is 18.3 Å². The minimum atomic E-state index is 0.615. The lowest BCUT2D eigenvalue weighted by Crippen LogP contribution is -2.25. The molecule has 0 saturated carbocycles. The zero-order valence-electron chi connectivity index (χ0n) is 10.3. The van der Waals surface area contributed by atoms with Crippen LogP contribution in [0.5, 0.6) is 0 Å². The largest absolute Gasteiger partial charge is 0.383 e. The van der Waals surface area contributed by atoms with E-state index in [0.29, 0.717) is 18.0 Å². The number of hydrogen-bond donors (Lipinski definition) is 2. The maximum atomic E-state index is 9.01. The third kappa shape index (κ3) is 4.39. The van der Waals surface area contributed by atoms with Crippen molar-refractivity contribution in [2.24, 2.45) is 0 Å². The molecule has 0 bridgehead atoms. The smallest absolute Gasteiger partial charge is 0.144 e.